The van der Waals surface area contributed by atoms with Gasteiger partial charge in [-0.1, -0.05) is 46.3 Å². The van der Waals surface area contributed by atoms with Crippen molar-refractivity contribution in [2.75, 3.05) is 0 Å². The lowest BCUT2D eigenvalue weighted by Crippen LogP contribution is -1.98. The number of halogens is 3. The van der Waals surface area contributed by atoms with Gasteiger partial charge >= 0.3 is 0 Å². The van der Waals surface area contributed by atoms with Gasteiger partial charge in [-0.25, -0.2) is 4.39 Å². The molecule has 0 aromatic heterocycles. The molecule has 0 nitrogen and oxygen atoms in total. The van der Waals surface area contributed by atoms with Crippen molar-refractivity contribution in [2.45, 2.75) is 18.7 Å². The van der Waals surface area contributed by atoms with E-state index in [0.717, 1.165) is 21.2 Å². The maximum absolute atomic E-state index is 13.1. The molecule has 1 unspecified atom stereocenters. The largest absolute Gasteiger partial charge is 0.207 e. The van der Waals surface area contributed by atoms with E-state index in [1.807, 2.05) is 31.2 Å². The van der Waals surface area contributed by atoms with Crippen LogP contribution in [0.15, 0.2) is 46.9 Å². The number of aryl methyl sites for hydroxylation is 1. The fourth-order valence-electron chi connectivity index (χ4n) is 1.89. The first-order valence-corrected chi connectivity index (χ1v) is 6.94. The quantitative estimate of drug-likeness (QED) is 0.660. The number of alkyl halides is 1. The molecule has 0 saturated heterocycles. The SMILES string of the molecule is Cc1cccc(C(Cl)Cc2cccc(F)c2)c1Br. The smallest absolute Gasteiger partial charge is 0.123 e. The van der Waals surface area contributed by atoms with Crippen LogP contribution in [-0.2, 0) is 6.42 Å². The van der Waals surface area contributed by atoms with Gasteiger partial charge < -0.3 is 0 Å². The van der Waals surface area contributed by atoms with Crippen LogP contribution in [-0.4, -0.2) is 0 Å². The second kappa shape index (κ2) is 5.85. The Balaban J connectivity index is 2.22. The Morgan fingerprint density at radius 2 is 1.94 bits per heavy atom. The third kappa shape index (κ3) is 3.12. The zero-order valence-corrected chi connectivity index (χ0v) is 12.3. The van der Waals surface area contributed by atoms with E-state index < -0.39 is 0 Å². The molecule has 2 aromatic carbocycles. The second-order valence-electron chi connectivity index (χ2n) is 4.28. The molecule has 0 heterocycles. The first-order valence-electron chi connectivity index (χ1n) is 5.71. The lowest BCUT2D eigenvalue weighted by Gasteiger charge is -2.13. The fraction of sp³-hybridized carbons (Fsp3) is 0.200. The highest BCUT2D eigenvalue weighted by molar-refractivity contribution is 9.10. The van der Waals surface area contributed by atoms with Gasteiger partial charge in [0.05, 0.1) is 5.38 Å². The van der Waals surface area contributed by atoms with Gasteiger partial charge in [-0.15, -0.1) is 11.6 Å². The van der Waals surface area contributed by atoms with Crippen LogP contribution in [0, 0.1) is 12.7 Å². The van der Waals surface area contributed by atoms with E-state index in [9.17, 15) is 4.39 Å². The molecule has 2 rings (SSSR count). The highest BCUT2D eigenvalue weighted by Gasteiger charge is 2.13. The molecule has 18 heavy (non-hydrogen) atoms. The molecule has 0 N–H and O–H groups in total. The van der Waals surface area contributed by atoms with Crippen LogP contribution in [0.2, 0.25) is 0 Å². The highest BCUT2D eigenvalue weighted by atomic mass is 79.9. The third-order valence-electron chi connectivity index (χ3n) is 2.86. The van der Waals surface area contributed by atoms with Crippen molar-refractivity contribution in [1.29, 1.82) is 0 Å². The van der Waals surface area contributed by atoms with Gasteiger partial charge in [-0.05, 0) is 42.2 Å². The van der Waals surface area contributed by atoms with Crippen molar-refractivity contribution < 1.29 is 4.39 Å². The molecule has 94 valence electrons. The van der Waals surface area contributed by atoms with Gasteiger partial charge in [0.1, 0.15) is 5.82 Å². The highest BCUT2D eigenvalue weighted by Crippen LogP contribution is 2.32. The summed E-state index contributed by atoms with van der Waals surface area (Å²) in [6.45, 7) is 2.03. The van der Waals surface area contributed by atoms with E-state index in [0.29, 0.717) is 6.42 Å². The predicted molar refractivity (Wildman–Crippen MR) is 77.6 cm³/mol. The standard InChI is InChI=1S/C15H13BrClF/c1-10-4-2-7-13(15(10)16)14(17)9-11-5-3-6-12(18)8-11/h2-8,14H,9H2,1H3. The maximum Gasteiger partial charge on any atom is 0.123 e. The Morgan fingerprint density at radius 1 is 1.22 bits per heavy atom. The Kier molecular flexibility index (Phi) is 4.41. The molecule has 0 spiro atoms. The summed E-state index contributed by atoms with van der Waals surface area (Å²) in [6.07, 6.45) is 0.612. The van der Waals surface area contributed by atoms with Gasteiger partial charge in [0.2, 0.25) is 0 Å². The zero-order chi connectivity index (χ0) is 13.1. The van der Waals surface area contributed by atoms with Crippen molar-refractivity contribution in [2.24, 2.45) is 0 Å². The first kappa shape index (κ1) is 13.6. The number of benzene rings is 2. The van der Waals surface area contributed by atoms with Crippen LogP contribution in [0.1, 0.15) is 22.1 Å². The zero-order valence-electron chi connectivity index (χ0n) is 9.96. The van der Waals surface area contributed by atoms with Gasteiger partial charge in [-0.2, -0.15) is 0 Å². The number of hydrogen-bond acceptors (Lipinski definition) is 0. The average Bonchev–Trinajstić information content (AvgIpc) is 2.32. The van der Waals surface area contributed by atoms with E-state index in [1.165, 1.54) is 12.1 Å². The summed E-state index contributed by atoms with van der Waals surface area (Å²) < 4.78 is 14.1. The van der Waals surface area contributed by atoms with E-state index >= 15 is 0 Å². The predicted octanol–water partition coefficient (Wildman–Crippen LogP) is 5.42. The van der Waals surface area contributed by atoms with Crippen molar-refractivity contribution in [3.8, 4) is 0 Å². The summed E-state index contributed by atoms with van der Waals surface area (Å²) in [4.78, 5) is 0. The van der Waals surface area contributed by atoms with Crippen molar-refractivity contribution >= 4 is 27.5 Å². The van der Waals surface area contributed by atoms with Crippen LogP contribution >= 0.6 is 27.5 Å². The Hall–Kier alpha value is -0.860. The molecule has 0 aliphatic carbocycles. The van der Waals surface area contributed by atoms with Gasteiger partial charge in [-0.3, -0.25) is 0 Å². The summed E-state index contributed by atoms with van der Waals surface area (Å²) in [5, 5.41) is -0.166. The normalized spacial score (nSPS) is 12.4. The van der Waals surface area contributed by atoms with E-state index in [4.69, 9.17) is 11.6 Å². The molecule has 0 bridgehead atoms. The summed E-state index contributed by atoms with van der Waals surface area (Å²) in [6, 6.07) is 12.6. The average molecular weight is 328 g/mol. The molecular weight excluding hydrogens is 315 g/mol. The van der Waals surface area contributed by atoms with Crippen LogP contribution in [0.4, 0.5) is 4.39 Å². The van der Waals surface area contributed by atoms with E-state index in [1.54, 1.807) is 6.07 Å². The second-order valence-corrected chi connectivity index (χ2v) is 5.60. The Labute approximate surface area is 120 Å². The Morgan fingerprint density at radius 3 is 2.67 bits per heavy atom. The third-order valence-corrected chi connectivity index (χ3v) is 4.34. The maximum atomic E-state index is 13.1. The lowest BCUT2D eigenvalue weighted by molar-refractivity contribution is 0.625. The summed E-state index contributed by atoms with van der Waals surface area (Å²) in [5.74, 6) is -0.223. The topological polar surface area (TPSA) is 0 Å². The molecule has 0 aliphatic rings. The molecule has 0 aliphatic heterocycles. The number of rotatable bonds is 3. The molecule has 1 atom stereocenters. The van der Waals surface area contributed by atoms with Crippen LogP contribution in [0.3, 0.4) is 0 Å². The monoisotopic (exact) mass is 326 g/mol. The molecular formula is C15H13BrClF. The molecule has 0 amide bonds. The fourth-order valence-corrected chi connectivity index (χ4v) is 2.93. The lowest BCUT2D eigenvalue weighted by atomic mass is 10.0. The summed E-state index contributed by atoms with van der Waals surface area (Å²) in [5.41, 5.74) is 3.10. The number of hydrogen-bond donors (Lipinski definition) is 0. The molecule has 3 heteroatoms. The summed E-state index contributed by atoms with van der Waals surface area (Å²) >= 11 is 9.97. The van der Waals surface area contributed by atoms with Crippen molar-refractivity contribution in [1.82, 2.24) is 0 Å². The first-order chi connectivity index (χ1) is 8.58. The molecule has 0 saturated carbocycles. The van der Waals surface area contributed by atoms with Crippen molar-refractivity contribution in [3.63, 3.8) is 0 Å². The van der Waals surface area contributed by atoms with E-state index in [-0.39, 0.29) is 11.2 Å². The minimum absolute atomic E-state index is 0.166. The molecule has 2 aromatic rings. The van der Waals surface area contributed by atoms with Gasteiger partial charge in [0.15, 0.2) is 0 Å². The Bertz CT molecular complexity index is 554. The molecule has 0 radical (unpaired) electrons. The van der Waals surface area contributed by atoms with Gasteiger partial charge in [0, 0.05) is 4.47 Å². The van der Waals surface area contributed by atoms with Gasteiger partial charge in [0.25, 0.3) is 0 Å². The van der Waals surface area contributed by atoms with Crippen molar-refractivity contribution in [3.05, 3.63) is 69.4 Å². The minimum atomic E-state index is -0.223. The minimum Gasteiger partial charge on any atom is -0.207 e. The van der Waals surface area contributed by atoms with Crippen LogP contribution in [0.5, 0.6) is 0 Å². The van der Waals surface area contributed by atoms with Crippen LogP contribution in [0.25, 0.3) is 0 Å². The summed E-state index contributed by atoms with van der Waals surface area (Å²) in [7, 11) is 0. The van der Waals surface area contributed by atoms with E-state index in [2.05, 4.69) is 15.9 Å². The van der Waals surface area contributed by atoms with Crippen LogP contribution < -0.4 is 0 Å². The molecule has 0 fully saturated rings.